The smallest absolute Gasteiger partial charge is 0.0912 e. The highest BCUT2D eigenvalue weighted by atomic mass is 16.6. The molecule has 0 aromatic rings. The van der Waals surface area contributed by atoms with Gasteiger partial charge in [-0.15, -0.1) is 0 Å². The van der Waals surface area contributed by atoms with E-state index < -0.39 is 0 Å². The van der Waals surface area contributed by atoms with Gasteiger partial charge >= 0.3 is 0 Å². The topological polar surface area (TPSA) is 36.4 Å². The summed E-state index contributed by atoms with van der Waals surface area (Å²) >= 11 is 0. The zero-order valence-electron chi connectivity index (χ0n) is 6.90. The third kappa shape index (κ3) is 1.21. The molecule has 1 unspecified atom stereocenters. The van der Waals surface area contributed by atoms with Crippen molar-refractivity contribution in [3.05, 3.63) is 0 Å². The summed E-state index contributed by atoms with van der Waals surface area (Å²) in [6.07, 6.45) is 1.16. The maximum Gasteiger partial charge on any atom is 0.0912 e. The number of rotatable bonds is 3. The zero-order chi connectivity index (χ0) is 7.78. The van der Waals surface area contributed by atoms with Gasteiger partial charge in [0.2, 0.25) is 0 Å². The minimum Gasteiger partial charge on any atom is -0.372 e. The van der Waals surface area contributed by atoms with Crippen molar-refractivity contribution in [3.63, 3.8) is 0 Å². The Morgan fingerprint density at radius 1 is 1.70 bits per heavy atom. The van der Waals surface area contributed by atoms with E-state index in [1.807, 2.05) is 6.92 Å². The average Bonchev–Trinajstić information content (AvgIpc) is 2.66. The summed E-state index contributed by atoms with van der Waals surface area (Å²) in [6.45, 7) is 7.02. The molecule has 1 fully saturated rings. The average molecular weight is 141 g/mol. The molecule has 1 atom stereocenters. The van der Waals surface area contributed by atoms with Crippen molar-refractivity contribution in [2.45, 2.75) is 33.3 Å². The summed E-state index contributed by atoms with van der Waals surface area (Å²) in [5.41, 5.74) is 0.782. The van der Waals surface area contributed by atoms with Crippen LogP contribution in [0.15, 0.2) is 0 Å². The van der Waals surface area contributed by atoms with Gasteiger partial charge in [-0.1, -0.05) is 20.8 Å². The Morgan fingerprint density at radius 3 is 2.50 bits per heavy atom. The van der Waals surface area contributed by atoms with Gasteiger partial charge in [0.1, 0.15) is 0 Å². The summed E-state index contributed by atoms with van der Waals surface area (Å²) in [5, 5.41) is 7.63. The molecule has 58 valence electrons. The standard InChI is InChI=1S/C8H15NO/c1-4-6(9)8(2,3)7-5-10-7/h7,9H,4-5H2,1-3H3. The predicted molar refractivity (Wildman–Crippen MR) is 41.5 cm³/mol. The first kappa shape index (κ1) is 7.73. The number of hydrogen-bond acceptors (Lipinski definition) is 2. The predicted octanol–water partition coefficient (Wildman–Crippen LogP) is 1.84. The monoisotopic (exact) mass is 141 g/mol. The molecule has 1 aliphatic rings. The second-order valence-electron chi connectivity index (χ2n) is 3.38. The van der Waals surface area contributed by atoms with Crippen molar-refractivity contribution in [2.75, 3.05) is 6.61 Å². The molecule has 0 aromatic carbocycles. The summed E-state index contributed by atoms with van der Waals surface area (Å²) in [7, 11) is 0. The molecule has 0 radical (unpaired) electrons. The molecule has 1 aliphatic heterocycles. The Labute approximate surface area is 62.1 Å². The molecule has 0 saturated carbocycles. The fraction of sp³-hybridized carbons (Fsp3) is 0.875. The summed E-state index contributed by atoms with van der Waals surface area (Å²) in [4.78, 5) is 0. The van der Waals surface area contributed by atoms with Gasteiger partial charge in [-0.2, -0.15) is 0 Å². The van der Waals surface area contributed by atoms with Gasteiger partial charge in [-0.05, 0) is 6.42 Å². The van der Waals surface area contributed by atoms with Crippen LogP contribution in [0, 0.1) is 10.8 Å². The van der Waals surface area contributed by atoms with E-state index in [4.69, 9.17) is 10.1 Å². The van der Waals surface area contributed by atoms with E-state index >= 15 is 0 Å². The lowest BCUT2D eigenvalue weighted by Gasteiger charge is -2.22. The van der Waals surface area contributed by atoms with Crippen LogP contribution in [0.1, 0.15) is 27.2 Å². The van der Waals surface area contributed by atoms with E-state index in [2.05, 4.69) is 13.8 Å². The van der Waals surface area contributed by atoms with E-state index in [-0.39, 0.29) is 5.41 Å². The molecule has 0 amide bonds. The largest absolute Gasteiger partial charge is 0.372 e. The molecule has 0 aromatic heterocycles. The molecule has 0 aliphatic carbocycles. The first-order chi connectivity index (χ1) is 4.59. The fourth-order valence-electron chi connectivity index (χ4n) is 1.11. The maximum atomic E-state index is 7.63. The second-order valence-corrected chi connectivity index (χ2v) is 3.38. The van der Waals surface area contributed by atoms with Crippen molar-refractivity contribution in [3.8, 4) is 0 Å². The Morgan fingerprint density at radius 2 is 2.20 bits per heavy atom. The van der Waals surface area contributed by atoms with Crippen LogP contribution in [0.4, 0.5) is 0 Å². The van der Waals surface area contributed by atoms with Crippen LogP contribution in [-0.4, -0.2) is 18.4 Å². The molecule has 2 heteroatoms. The molecule has 0 spiro atoms. The Hall–Kier alpha value is -0.370. The van der Waals surface area contributed by atoms with Crippen molar-refractivity contribution in [1.29, 1.82) is 5.41 Å². The SMILES string of the molecule is CCC(=N)C(C)(C)C1CO1. The first-order valence-corrected chi connectivity index (χ1v) is 3.78. The molecule has 0 bridgehead atoms. The molecule has 1 heterocycles. The first-order valence-electron chi connectivity index (χ1n) is 3.78. The number of epoxide rings is 1. The van der Waals surface area contributed by atoms with Gasteiger partial charge in [0.05, 0.1) is 12.7 Å². The third-order valence-corrected chi connectivity index (χ3v) is 2.27. The van der Waals surface area contributed by atoms with Gasteiger partial charge in [0.25, 0.3) is 0 Å². The summed E-state index contributed by atoms with van der Waals surface area (Å²) < 4.78 is 5.16. The lowest BCUT2D eigenvalue weighted by molar-refractivity contribution is 0.311. The highest BCUT2D eigenvalue weighted by Gasteiger charge is 2.41. The van der Waals surface area contributed by atoms with Crippen LogP contribution in [0.5, 0.6) is 0 Å². The molecular formula is C8H15NO. The van der Waals surface area contributed by atoms with Crippen molar-refractivity contribution in [2.24, 2.45) is 5.41 Å². The van der Waals surface area contributed by atoms with Gasteiger partial charge in [0, 0.05) is 11.1 Å². The van der Waals surface area contributed by atoms with Crippen LogP contribution in [0.25, 0.3) is 0 Å². The van der Waals surface area contributed by atoms with Crippen LogP contribution in [-0.2, 0) is 4.74 Å². The van der Waals surface area contributed by atoms with E-state index in [1.165, 1.54) is 0 Å². The number of ether oxygens (including phenoxy) is 1. The summed E-state index contributed by atoms with van der Waals surface area (Å²) in [5.74, 6) is 0. The number of hydrogen-bond donors (Lipinski definition) is 1. The molecule has 10 heavy (non-hydrogen) atoms. The van der Waals surface area contributed by atoms with Crippen LogP contribution < -0.4 is 0 Å². The van der Waals surface area contributed by atoms with Gasteiger partial charge < -0.3 is 10.1 Å². The quantitative estimate of drug-likeness (QED) is 0.472. The van der Waals surface area contributed by atoms with Crippen molar-refractivity contribution >= 4 is 5.71 Å². The van der Waals surface area contributed by atoms with E-state index in [9.17, 15) is 0 Å². The van der Waals surface area contributed by atoms with Gasteiger partial charge in [-0.3, -0.25) is 0 Å². The van der Waals surface area contributed by atoms with E-state index in [1.54, 1.807) is 0 Å². The molecule has 2 nitrogen and oxygen atoms in total. The second kappa shape index (κ2) is 2.35. The van der Waals surface area contributed by atoms with Gasteiger partial charge in [0.15, 0.2) is 0 Å². The van der Waals surface area contributed by atoms with Crippen LogP contribution in [0.3, 0.4) is 0 Å². The third-order valence-electron chi connectivity index (χ3n) is 2.27. The normalized spacial score (nSPS) is 24.5. The minimum absolute atomic E-state index is 0.0191. The molecule has 1 rings (SSSR count). The highest BCUT2D eigenvalue weighted by Crippen LogP contribution is 2.33. The van der Waals surface area contributed by atoms with Crippen molar-refractivity contribution < 1.29 is 4.74 Å². The molecular weight excluding hydrogens is 126 g/mol. The van der Waals surface area contributed by atoms with Crippen molar-refractivity contribution in [1.82, 2.24) is 0 Å². The highest BCUT2D eigenvalue weighted by molar-refractivity contribution is 5.87. The van der Waals surface area contributed by atoms with Gasteiger partial charge in [-0.25, -0.2) is 0 Å². The van der Waals surface area contributed by atoms with E-state index in [0.717, 1.165) is 18.7 Å². The fourth-order valence-corrected chi connectivity index (χ4v) is 1.11. The Bertz CT molecular complexity index is 147. The maximum absolute atomic E-state index is 7.63. The lowest BCUT2D eigenvalue weighted by atomic mass is 9.83. The van der Waals surface area contributed by atoms with E-state index in [0.29, 0.717) is 6.10 Å². The minimum atomic E-state index is -0.0191. The van der Waals surface area contributed by atoms with Crippen LogP contribution in [0.2, 0.25) is 0 Å². The number of nitrogens with one attached hydrogen (secondary N) is 1. The lowest BCUT2D eigenvalue weighted by Crippen LogP contribution is -2.28. The molecule has 1 saturated heterocycles. The Kier molecular flexibility index (Phi) is 1.82. The van der Waals surface area contributed by atoms with Crippen LogP contribution >= 0.6 is 0 Å². The Balaban J connectivity index is 2.56. The molecule has 1 N–H and O–H groups in total. The zero-order valence-corrected chi connectivity index (χ0v) is 6.90. The summed E-state index contributed by atoms with van der Waals surface area (Å²) in [6, 6.07) is 0.